The molecule has 2 rings (SSSR count). The molecular formula is C15H18FNO3S. The van der Waals surface area contributed by atoms with E-state index in [4.69, 9.17) is 5.11 Å². The second-order valence-corrected chi connectivity index (χ2v) is 6.03. The number of nitrogens with one attached hydrogen (secondary N) is 1. The smallest absolute Gasteiger partial charge is 0.346 e. The normalized spacial score (nSPS) is 12.7. The Hall–Kier alpha value is -1.50. The third-order valence-corrected chi connectivity index (χ3v) is 4.57. The van der Waals surface area contributed by atoms with Gasteiger partial charge >= 0.3 is 5.97 Å². The van der Waals surface area contributed by atoms with Crippen LogP contribution in [0.3, 0.4) is 0 Å². The zero-order chi connectivity index (χ0) is 15.4. The molecule has 0 saturated carbocycles. The number of fused-ring (bicyclic) bond motifs is 1. The number of thiophene rings is 1. The quantitative estimate of drug-likeness (QED) is 0.735. The molecule has 1 heterocycles. The number of carbonyl (C=O) groups is 1. The first-order chi connectivity index (χ1) is 10.0. The molecule has 0 spiro atoms. The largest absolute Gasteiger partial charge is 0.477 e. The molecule has 1 unspecified atom stereocenters. The van der Waals surface area contributed by atoms with E-state index < -0.39 is 11.8 Å². The first kappa shape index (κ1) is 15.9. The molecule has 0 bridgehead atoms. The van der Waals surface area contributed by atoms with Crippen molar-refractivity contribution in [3.8, 4) is 0 Å². The Balaban J connectivity index is 2.28. The van der Waals surface area contributed by atoms with Gasteiger partial charge in [-0.05, 0) is 31.9 Å². The summed E-state index contributed by atoms with van der Waals surface area (Å²) in [6, 6.07) is 4.79. The molecule has 1 atom stereocenters. The van der Waals surface area contributed by atoms with E-state index in [-0.39, 0.29) is 17.5 Å². The van der Waals surface area contributed by atoms with Crippen molar-refractivity contribution < 1.29 is 19.4 Å². The Morgan fingerprint density at radius 1 is 1.48 bits per heavy atom. The highest BCUT2D eigenvalue weighted by Gasteiger charge is 2.20. The topological polar surface area (TPSA) is 69.6 Å². The summed E-state index contributed by atoms with van der Waals surface area (Å²) in [4.78, 5) is 11.5. The summed E-state index contributed by atoms with van der Waals surface area (Å²) in [7, 11) is 0. The fraction of sp³-hybridized carbons (Fsp3) is 0.400. The van der Waals surface area contributed by atoms with Crippen LogP contribution < -0.4 is 5.32 Å². The highest BCUT2D eigenvalue weighted by atomic mass is 32.1. The molecule has 1 aromatic heterocycles. The van der Waals surface area contributed by atoms with Gasteiger partial charge in [-0.2, -0.15) is 0 Å². The molecule has 4 nitrogen and oxygen atoms in total. The molecule has 0 radical (unpaired) electrons. The van der Waals surface area contributed by atoms with E-state index in [1.807, 2.05) is 6.92 Å². The van der Waals surface area contributed by atoms with E-state index in [1.54, 1.807) is 12.1 Å². The molecule has 0 aliphatic rings. The SMILES string of the molecule is CC(CCCO)NCc1c(C(=O)O)sc2cccc(F)c12. The summed E-state index contributed by atoms with van der Waals surface area (Å²) in [6.45, 7) is 2.39. The molecule has 3 N–H and O–H groups in total. The summed E-state index contributed by atoms with van der Waals surface area (Å²) in [5.41, 5.74) is 0.497. The van der Waals surface area contributed by atoms with Gasteiger partial charge in [0.2, 0.25) is 0 Å². The van der Waals surface area contributed by atoms with Gasteiger partial charge in [-0.25, -0.2) is 9.18 Å². The predicted molar refractivity (Wildman–Crippen MR) is 81.4 cm³/mol. The molecule has 114 valence electrons. The van der Waals surface area contributed by atoms with Crippen LogP contribution in [0, 0.1) is 5.82 Å². The number of hydrogen-bond acceptors (Lipinski definition) is 4. The summed E-state index contributed by atoms with van der Waals surface area (Å²) in [6.07, 6.45) is 1.46. The van der Waals surface area contributed by atoms with Gasteiger partial charge < -0.3 is 15.5 Å². The maximum absolute atomic E-state index is 14.0. The van der Waals surface area contributed by atoms with Crippen LogP contribution in [0.4, 0.5) is 4.39 Å². The van der Waals surface area contributed by atoms with Crippen LogP contribution in [-0.2, 0) is 6.54 Å². The van der Waals surface area contributed by atoms with Crippen molar-refractivity contribution in [1.82, 2.24) is 5.32 Å². The zero-order valence-electron chi connectivity index (χ0n) is 11.7. The second kappa shape index (κ2) is 6.98. The molecule has 21 heavy (non-hydrogen) atoms. The van der Waals surface area contributed by atoms with Crippen LogP contribution in [0.15, 0.2) is 18.2 Å². The fourth-order valence-corrected chi connectivity index (χ4v) is 3.36. The van der Waals surface area contributed by atoms with Crippen molar-refractivity contribution in [3.05, 3.63) is 34.5 Å². The average molecular weight is 311 g/mol. The number of aliphatic hydroxyl groups is 1. The molecular weight excluding hydrogens is 293 g/mol. The van der Waals surface area contributed by atoms with Gasteiger partial charge in [-0.1, -0.05) is 6.07 Å². The maximum atomic E-state index is 14.0. The third kappa shape index (κ3) is 3.58. The maximum Gasteiger partial charge on any atom is 0.346 e. The number of carboxylic acids is 1. The predicted octanol–water partition coefficient (Wildman–Crippen LogP) is 2.99. The lowest BCUT2D eigenvalue weighted by atomic mass is 10.1. The number of aliphatic hydroxyl groups excluding tert-OH is 1. The summed E-state index contributed by atoms with van der Waals surface area (Å²) < 4.78 is 14.6. The van der Waals surface area contributed by atoms with Gasteiger partial charge in [0, 0.05) is 34.8 Å². The average Bonchev–Trinajstić information content (AvgIpc) is 2.83. The third-order valence-electron chi connectivity index (χ3n) is 3.38. The number of carboxylic acid groups (broad SMARTS) is 1. The number of benzene rings is 1. The minimum Gasteiger partial charge on any atom is -0.477 e. The molecule has 0 amide bonds. The van der Waals surface area contributed by atoms with Crippen LogP contribution in [-0.4, -0.2) is 28.8 Å². The second-order valence-electron chi connectivity index (χ2n) is 4.98. The van der Waals surface area contributed by atoms with Crippen molar-refractivity contribution in [1.29, 1.82) is 0 Å². The van der Waals surface area contributed by atoms with Crippen LogP contribution in [0.5, 0.6) is 0 Å². The lowest BCUT2D eigenvalue weighted by Gasteiger charge is -2.13. The highest BCUT2D eigenvalue weighted by molar-refractivity contribution is 7.21. The molecule has 1 aromatic carbocycles. The number of aromatic carboxylic acids is 1. The molecule has 0 aliphatic heterocycles. The van der Waals surface area contributed by atoms with Gasteiger partial charge in [-0.15, -0.1) is 11.3 Å². The van der Waals surface area contributed by atoms with Crippen LogP contribution in [0.1, 0.15) is 35.0 Å². The van der Waals surface area contributed by atoms with Crippen molar-refractivity contribution in [2.45, 2.75) is 32.4 Å². The first-order valence-corrected chi connectivity index (χ1v) is 7.63. The van der Waals surface area contributed by atoms with E-state index in [2.05, 4.69) is 5.32 Å². The Labute approximate surface area is 126 Å². The highest BCUT2D eigenvalue weighted by Crippen LogP contribution is 2.33. The Morgan fingerprint density at radius 3 is 2.90 bits per heavy atom. The van der Waals surface area contributed by atoms with Gasteiger partial charge in [0.15, 0.2) is 0 Å². The Bertz CT molecular complexity index is 641. The van der Waals surface area contributed by atoms with Crippen LogP contribution in [0.2, 0.25) is 0 Å². The number of rotatable bonds is 7. The molecule has 0 aliphatic carbocycles. The van der Waals surface area contributed by atoms with E-state index in [0.29, 0.717) is 28.6 Å². The monoisotopic (exact) mass is 311 g/mol. The van der Waals surface area contributed by atoms with Crippen molar-refractivity contribution >= 4 is 27.4 Å². The fourth-order valence-electron chi connectivity index (χ4n) is 2.28. The van der Waals surface area contributed by atoms with E-state index in [9.17, 15) is 14.3 Å². The minimum atomic E-state index is -1.03. The summed E-state index contributed by atoms with van der Waals surface area (Å²) >= 11 is 1.10. The van der Waals surface area contributed by atoms with Crippen molar-refractivity contribution in [2.75, 3.05) is 6.61 Å². The molecule has 2 aromatic rings. The minimum absolute atomic E-state index is 0.125. The molecule has 0 fully saturated rings. The lowest BCUT2D eigenvalue weighted by molar-refractivity contribution is 0.0701. The van der Waals surface area contributed by atoms with Crippen LogP contribution in [0.25, 0.3) is 10.1 Å². The van der Waals surface area contributed by atoms with Gasteiger partial charge in [0.1, 0.15) is 10.7 Å². The lowest BCUT2D eigenvalue weighted by Crippen LogP contribution is -2.26. The Kier molecular flexibility index (Phi) is 5.27. The molecule has 0 saturated heterocycles. The van der Waals surface area contributed by atoms with Crippen molar-refractivity contribution in [3.63, 3.8) is 0 Å². The number of halogens is 1. The van der Waals surface area contributed by atoms with E-state index >= 15 is 0 Å². The zero-order valence-corrected chi connectivity index (χ0v) is 12.5. The molecule has 6 heteroatoms. The summed E-state index contributed by atoms with van der Waals surface area (Å²) in [5, 5.41) is 21.7. The van der Waals surface area contributed by atoms with Gasteiger partial charge in [0.25, 0.3) is 0 Å². The van der Waals surface area contributed by atoms with Crippen LogP contribution >= 0.6 is 11.3 Å². The van der Waals surface area contributed by atoms with Gasteiger partial charge in [0.05, 0.1) is 0 Å². The standard InChI is InChI=1S/C15H18FNO3S/c1-9(4-3-7-18)17-8-10-13-11(16)5-2-6-12(13)21-14(10)15(19)20/h2,5-6,9,17-18H,3-4,7-8H2,1H3,(H,19,20). The first-order valence-electron chi connectivity index (χ1n) is 6.82. The number of hydrogen-bond donors (Lipinski definition) is 3. The summed E-state index contributed by atoms with van der Waals surface area (Å²) in [5.74, 6) is -1.42. The van der Waals surface area contributed by atoms with Crippen molar-refractivity contribution in [2.24, 2.45) is 0 Å². The van der Waals surface area contributed by atoms with Gasteiger partial charge in [-0.3, -0.25) is 0 Å². The Morgan fingerprint density at radius 2 is 2.24 bits per heavy atom. The van der Waals surface area contributed by atoms with E-state index in [1.165, 1.54) is 6.07 Å². The van der Waals surface area contributed by atoms with E-state index in [0.717, 1.165) is 17.8 Å².